The van der Waals surface area contributed by atoms with Crippen molar-refractivity contribution in [2.45, 2.75) is 13.1 Å². The predicted octanol–water partition coefficient (Wildman–Crippen LogP) is 2.08. The number of hydrogen-bond donors (Lipinski definition) is 2. The zero-order chi connectivity index (χ0) is 14.7. The van der Waals surface area contributed by atoms with Gasteiger partial charge in [0.15, 0.2) is 0 Å². The molecule has 0 atom stereocenters. The van der Waals surface area contributed by atoms with E-state index in [2.05, 4.69) is 15.3 Å². The van der Waals surface area contributed by atoms with Gasteiger partial charge in [-0.1, -0.05) is 12.1 Å². The lowest BCUT2D eigenvalue weighted by Gasteiger charge is -2.04. The van der Waals surface area contributed by atoms with Crippen LogP contribution in [0.15, 0.2) is 42.6 Å². The summed E-state index contributed by atoms with van der Waals surface area (Å²) in [5, 5.41) is 3.75. The predicted molar refractivity (Wildman–Crippen MR) is 82.9 cm³/mol. The highest BCUT2D eigenvalue weighted by Crippen LogP contribution is 2.21. The Morgan fingerprint density at radius 2 is 2.14 bits per heavy atom. The molecule has 0 bridgehead atoms. The Hall–Kier alpha value is -2.31. The monoisotopic (exact) mass is 298 g/mol. The number of para-hydroxylation sites is 1. The molecule has 0 aliphatic carbocycles. The number of nitrogens with zero attached hydrogens (tertiary/aromatic N) is 2. The maximum absolute atomic E-state index is 12.1. The smallest absolute Gasteiger partial charge is 0.251 e. The lowest BCUT2D eigenvalue weighted by atomic mass is 10.2. The first-order valence-electron chi connectivity index (χ1n) is 6.54. The van der Waals surface area contributed by atoms with E-state index in [0.29, 0.717) is 24.3 Å². The number of amides is 1. The minimum atomic E-state index is -0.147. The number of rotatable bonds is 4. The summed E-state index contributed by atoms with van der Waals surface area (Å²) in [6, 6.07) is 11.3. The maximum Gasteiger partial charge on any atom is 0.251 e. The molecule has 2 heterocycles. The third kappa shape index (κ3) is 3.07. The van der Waals surface area contributed by atoms with E-state index < -0.39 is 0 Å². The van der Waals surface area contributed by atoms with E-state index >= 15 is 0 Å². The minimum absolute atomic E-state index is 0.147. The van der Waals surface area contributed by atoms with Gasteiger partial charge in [-0.05, 0) is 24.3 Å². The lowest BCUT2D eigenvalue weighted by molar-refractivity contribution is 0.0950. The van der Waals surface area contributed by atoms with Crippen molar-refractivity contribution in [2.75, 3.05) is 0 Å². The molecular formula is C15H14N4OS. The van der Waals surface area contributed by atoms with Crippen molar-refractivity contribution in [1.82, 2.24) is 15.3 Å². The molecule has 0 spiro atoms. The number of fused-ring (bicyclic) bond motifs is 1. The number of pyridine rings is 1. The largest absolute Gasteiger partial charge is 0.346 e. The van der Waals surface area contributed by atoms with Gasteiger partial charge in [0, 0.05) is 18.3 Å². The molecule has 0 fully saturated rings. The molecule has 0 saturated heterocycles. The third-order valence-electron chi connectivity index (χ3n) is 3.03. The first-order valence-corrected chi connectivity index (χ1v) is 7.35. The molecule has 21 heavy (non-hydrogen) atoms. The highest BCUT2D eigenvalue weighted by molar-refractivity contribution is 7.18. The standard InChI is InChI=1S/C15H14N4OS/c16-8-11-7-10(5-6-17-11)15(20)18-9-14-19-12-3-1-2-4-13(12)21-14/h1-7H,8-9,16H2,(H,18,20). The van der Waals surface area contributed by atoms with Gasteiger partial charge in [-0.25, -0.2) is 4.98 Å². The summed E-state index contributed by atoms with van der Waals surface area (Å²) in [7, 11) is 0. The molecule has 0 radical (unpaired) electrons. The Morgan fingerprint density at radius 1 is 1.29 bits per heavy atom. The van der Waals surface area contributed by atoms with Crippen LogP contribution in [0.25, 0.3) is 10.2 Å². The second kappa shape index (κ2) is 5.99. The molecule has 1 amide bonds. The van der Waals surface area contributed by atoms with Gasteiger partial charge in [0.05, 0.1) is 22.5 Å². The number of benzene rings is 1. The maximum atomic E-state index is 12.1. The van der Waals surface area contributed by atoms with Gasteiger partial charge < -0.3 is 11.1 Å². The van der Waals surface area contributed by atoms with Crippen molar-refractivity contribution >= 4 is 27.5 Å². The zero-order valence-corrected chi connectivity index (χ0v) is 12.1. The molecule has 1 aromatic carbocycles. The highest BCUT2D eigenvalue weighted by Gasteiger charge is 2.08. The SMILES string of the molecule is NCc1cc(C(=O)NCc2nc3ccccc3s2)ccn1. The molecular weight excluding hydrogens is 284 g/mol. The fraction of sp³-hybridized carbons (Fsp3) is 0.133. The van der Waals surface area contributed by atoms with Crippen LogP contribution in [0.3, 0.4) is 0 Å². The molecule has 3 aromatic rings. The van der Waals surface area contributed by atoms with Crippen LogP contribution in [0, 0.1) is 0 Å². The molecule has 0 aliphatic heterocycles. The Morgan fingerprint density at radius 3 is 2.95 bits per heavy atom. The second-order valence-corrected chi connectivity index (χ2v) is 5.61. The van der Waals surface area contributed by atoms with Crippen molar-refractivity contribution < 1.29 is 4.79 Å². The van der Waals surface area contributed by atoms with Gasteiger partial charge in [0.2, 0.25) is 0 Å². The molecule has 3 N–H and O–H groups in total. The Bertz CT molecular complexity index is 751. The van der Waals surface area contributed by atoms with Crippen LogP contribution in [-0.4, -0.2) is 15.9 Å². The second-order valence-electron chi connectivity index (χ2n) is 4.50. The number of aromatic nitrogens is 2. The van der Waals surface area contributed by atoms with Gasteiger partial charge in [0.1, 0.15) is 5.01 Å². The van der Waals surface area contributed by atoms with Crippen LogP contribution in [0.5, 0.6) is 0 Å². The van der Waals surface area contributed by atoms with Gasteiger partial charge >= 0.3 is 0 Å². The topological polar surface area (TPSA) is 80.9 Å². The van der Waals surface area contributed by atoms with E-state index in [9.17, 15) is 4.79 Å². The Labute approximate surface area is 125 Å². The van der Waals surface area contributed by atoms with Gasteiger partial charge in [-0.15, -0.1) is 11.3 Å². The molecule has 0 saturated carbocycles. The first kappa shape index (κ1) is 13.7. The van der Waals surface area contributed by atoms with Gasteiger partial charge in [-0.2, -0.15) is 0 Å². The highest BCUT2D eigenvalue weighted by atomic mass is 32.1. The van der Waals surface area contributed by atoms with E-state index in [-0.39, 0.29) is 5.91 Å². The van der Waals surface area contributed by atoms with E-state index in [1.54, 1.807) is 29.7 Å². The lowest BCUT2D eigenvalue weighted by Crippen LogP contribution is -2.23. The molecule has 5 nitrogen and oxygen atoms in total. The van der Waals surface area contributed by atoms with Gasteiger partial charge in [0.25, 0.3) is 5.91 Å². The first-order chi connectivity index (χ1) is 10.3. The molecule has 0 unspecified atom stereocenters. The molecule has 6 heteroatoms. The number of thiazole rings is 1. The van der Waals surface area contributed by atoms with Crippen molar-refractivity contribution in [3.63, 3.8) is 0 Å². The number of nitrogens with two attached hydrogens (primary N) is 1. The van der Waals surface area contributed by atoms with Crippen LogP contribution in [0.2, 0.25) is 0 Å². The molecule has 106 valence electrons. The number of carbonyl (C=O) groups excluding carboxylic acids is 1. The van der Waals surface area contributed by atoms with Gasteiger partial charge in [-0.3, -0.25) is 9.78 Å². The Balaban J connectivity index is 1.70. The fourth-order valence-corrected chi connectivity index (χ4v) is 2.89. The van der Waals surface area contributed by atoms with Crippen molar-refractivity contribution in [3.05, 3.63) is 58.9 Å². The summed E-state index contributed by atoms with van der Waals surface area (Å²) in [5.74, 6) is -0.147. The van der Waals surface area contributed by atoms with E-state index in [1.165, 1.54) is 0 Å². The fourth-order valence-electron chi connectivity index (χ4n) is 1.98. The minimum Gasteiger partial charge on any atom is -0.346 e. The average Bonchev–Trinajstić information content (AvgIpc) is 2.95. The normalized spacial score (nSPS) is 10.7. The summed E-state index contributed by atoms with van der Waals surface area (Å²) in [5.41, 5.74) is 7.74. The third-order valence-corrected chi connectivity index (χ3v) is 4.06. The quantitative estimate of drug-likeness (QED) is 0.772. The summed E-state index contributed by atoms with van der Waals surface area (Å²) in [6.07, 6.45) is 1.59. The number of nitrogens with one attached hydrogen (secondary N) is 1. The van der Waals surface area contributed by atoms with Crippen LogP contribution >= 0.6 is 11.3 Å². The van der Waals surface area contributed by atoms with E-state index in [0.717, 1.165) is 15.2 Å². The van der Waals surface area contributed by atoms with E-state index in [4.69, 9.17) is 5.73 Å². The molecule has 0 aliphatic rings. The Kier molecular flexibility index (Phi) is 3.89. The summed E-state index contributed by atoms with van der Waals surface area (Å²) < 4.78 is 1.12. The van der Waals surface area contributed by atoms with Crippen molar-refractivity contribution in [3.8, 4) is 0 Å². The average molecular weight is 298 g/mol. The summed E-state index contributed by atoms with van der Waals surface area (Å²) >= 11 is 1.58. The molecule has 2 aromatic heterocycles. The number of carbonyl (C=O) groups is 1. The van der Waals surface area contributed by atoms with Crippen LogP contribution in [-0.2, 0) is 13.1 Å². The van der Waals surface area contributed by atoms with Crippen molar-refractivity contribution in [2.24, 2.45) is 5.73 Å². The molecule has 3 rings (SSSR count). The van der Waals surface area contributed by atoms with Crippen molar-refractivity contribution in [1.29, 1.82) is 0 Å². The van der Waals surface area contributed by atoms with Crippen LogP contribution in [0.1, 0.15) is 21.1 Å². The zero-order valence-electron chi connectivity index (χ0n) is 11.2. The summed E-state index contributed by atoms with van der Waals surface area (Å²) in [4.78, 5) is 20.7. The van der Waals surface area contributed by atoms with Crippen LogP contribution in [0.4, 0.5) is 0 Å². The van der Waals surface area contributed by atoms with Crippen LogP contribution < -0.4 is 11.1 Å². The van der Waals surface area contributed by atoms with E-state index in [1.807, 2.05) is 24.3 Å². The summed E-state index contributed by atoms with van der Waals surface area (Å²) in [6.45, 7) is 0.734. The number of hydrogen-bond acceptors (Lipinski definition) is 5.